The first-order chi connectivity index (χ1) is 15.4. The van der Waals surface area contributed by atoms with Crippen molar-refractivity contribution in [3.05, 3.63) is 80.3 Å². The number of thioether (sulfide) groups is 1. The SMILES string of the molecule is Cc1cc(NC(=O)CSc2nnc(Cc3cc(=O)[nH]c(=O)[nH]3)n2-c2ccc(F)cc2)no1. The van der Waals surface area contributed by atoms with E-state index in [9.17, 15) is 18.8 Å². The molecule has 0 aliphatic carbocycles. The topological polar surface area (TPSA) is 152 Å². The van der Waals surface area contributed by atoms with Crippen molar-refractivity contribution < 1.29 is 13.7 Å². The normalized spacial score (nSPS) is 10.9. The standard InChI is InChI=1S/C19H16FN7O4S/c1-10-6-14(26-31-10)22-17(29)9-32-19-25-24-15(7-12-8-16(28)23-18(30)21-12)27(19)13-4-2-11(20)3-5-13/h2-6,8H,7,9H2,1H3,(H,22,26,29)(H2,21,23,28,30). The predicted octanol–water partition coefficient (Wildman–Crippen LogP) is 1.40. The molecule has 1 aromatic carbocycles. The zero-order valence-electron chi connectivity index (χ0n) is 16.6. The van der Waals surface area contributed by atoms with Gasteiger partial charge in [0.1, 0.15) is 17.4 Å². The van der Waals surface area contributed by atoms with Crippen molar-refractivity contribution in [1.82, 2.24) is 29.9 Å². The van der Waals surface area contributed by atoms with Crippen LogP contribution in [0.1, 0.15) is 17.3 Å². The van der Waals surface area contributed by atoms with E-state index in [-0.39, 0.29) is 18.1 Å². The average molecular weight is 457 g/mol. The van der Waals surface area contributed by atoms with E-state index in [0.29, 0.717) is 33.9 Å². The van der Waals surface area contributed by atoms with Gasteiger partial charge in [-0.25, -0.2) is 9.18 Å². The lowest BCUT2D eigenvalue weighted by Crippen LogP contribution is -2.23. The van der Waals surface area contributed by atoms with Crippen LogP contribution in [0.5, 0.6) is 0 Å². The molecular formula is C19H16FN7O4S. The Bertz CT molecular complexity index is 1350. The number of anilines is 1. The number of carbonyl (C=O) groups excluding carboxylic acids is 1. The van der Waals surface area contributed by atoms with Crippen LogP contribution in [0.3, 0.4) is 0 Å². The first-order valence-electron chi connectivity index (χ1n) is 9.26. The Morgan fingerprint density at radius 1 is 1.19 bits per heavy atom. The molecule has 11 nitrogen and oxygen atoms in total. The molecule has 32 heavy (non-hydrogen) atoms. The van der Waals surface area contributed by atoms with Crippen LogP contribution < -0.4 is 16.6 Å². The summed E-state index contributed by atoms with van der Waals surface area (Å²) in [5, 5.41) is 15.0. The Hall–Kier alpha value is -4.00. The molecule has 0 radical (unpaired) electrons. The van der Waals surface area contributed by atoms with E-state index >= 15 is 0 Å². The van der Waals surface area contributed by atoms with E-state index < -0.39 is 17.1 Å². The lowest BCUT2D eigenvalue weighted by Gasteiger charge is -2.10. The van der Waals surface area contributed by atoms with Crippen LogP contribution in [0.4, 0.5) is 10.2 Å². The number of aromatic nitrogens is 6. The maximum absolute atomic E-state index is 13.4. The van der Waals surface area contributed by atoms with Crippen LogP contribution >= 0.6 is 11.8 Å². The highest BCUT2D eigenvalue weighted by molar-refractivity contribution is 7.99. The molecule has 0 atom stereocenters. The lowest BCUT2D eigenvalue weighted by atomic mass is 10.2. The number of halogens is 1. The Balaban J connectivity index is 1.60. The molecule has 0 bridgehead atoms. The van der Waals surface area contributed by atoms with E-state index in [0.717, 1.165) is 11.8 Å². The fourth-order valence-corrected chi connectivity index (χ4v) is 3.65. The molecule has 0 aliphatic rings. The third-order valence-corrected chi connectivity index (χ3v) is 5.11. The highest BCUT2D eigenvalue weighted by Gasteiger charge is 2.17. The minimum Gasteiger partial charge on any atom is -0.360 e. The number of H-pyrrole nitrogens is 2. The quantitative estimate of drug-likeness (QED) is 0.352. The zero-order valence-corrected chi connectivity index (χ0v) is 17.4. The fourth-order valence-electron chi connectivity index (χ4n) is 2.88. The minimum atomic E-state index is -0.644. The summed E-state index contributed by atoms with van der Waals surface area (Å²) in [5.74, 6) is 0.482. The van der Waals surface area contributed by atoms with Crippen LogP contribution in [0, 0.1) is 12.7 Å². The maximum Gasteiger partial charge on any atom is 0.325 e. The predicted molar refractivity (Wildman–Crippen MR) is 112 cm³/mol. The minimum absolute atomic E-state index is 0.00687. The first kappa shape index (κ1) is 21.2. The van der Waals surface area contributed by atoms with Gasteiger partial charge in [0.25, 0.3) is 5.56 Å². The Morgan fingerprint density at radius 2 is 1.97 bits per heavy atom. The molecule has 0 fully saturated rings. The number of amides is 1. The van der Waals surface area contributed by atoms with Crippen molar-refractivity contribution in [3.8, 4) is 5.69 Å². The first-order valence-corrected chi connectivity index (χ1v) is 10.2. The van der Waals surface area contributed by atoms with Gasteiger partial charge in [-0.1, -0.05) is 16.9 Å². The van der Waals surface area contributed by atoms with Crippen molar-refractivity contribution in [1.29, 1.82) is 0 Å². The van der Waals surface area contributed by atoms with Crippen LogP contribution in [-0.2, 0) is 11.2 Å². The Kier molecular flexibility index (Phi) is 5.98. The number of benzene rings is 1. The van der Waals surface area contributed by atoms with Gasteiger partial charge in [0.2, 0.25) is 5.91 Å². The summed E-state index contributed by atoms with van der Waals surface area (Å²) in [6.07, 6.45) is 0.0779. The monoisotopic (exact) mass is 457 g/mol. The second-order valence-corrected chi connectivity index (χ2v) is 7.60. The van der Waals surface area contributed by atoms with Gasteiger partial charge in [0, 0.05) is 29.9 Å². The second kappa shape index (κ2) is 9.01. The summed E-state index contributed by atoms with van der Waals surface area (Å²) in [6.45, 7) is 1.71. The van der Waals surface area contributed by atoms with E-state index in [1.807, 2.05) is 0 Å². The Labute approximate surface area is 183 Å². The molecule has 0 spiro atoms. The lowest BCUT2D eigenvalue weighted by molar-refractivity contribution is -0.113. The number of aromatic amines is 2. The summed E-state index contributed by atoms with van der Waals surface area (Å²) >= 11 is 1.10. The van der Waals surface area contributed by atoms with E-state index in [1.54, 1.807) is 17.6 Å². The molecule has 1 amide bonds. The molecular weight excluding hydrogens is 441 g/mol. The Morgan fingerprint density at radius 3 is 2.66 bits per heavy atom. The smallest absolute Gasteiger partial charge is 0.325 e. The highest BCUT2D eigenvalue weighted by atomic mass is 32.2. The summed E-state index contributed by atoms with van der Waals surface area (Å²) < 4.78 is 20.0. The zero-order chi connectivity index (χ0) is 22.7. The van der Waals surface area contributed by atoms with E-state index in [4.69, 9.17) is 4.52 Å². The van der Waals surface area contributed by atoms with Crippen molar-refractivity contribution in [3.63, 3.8) is 0 Å². The number of hydrogen-bond acceptors (Lipinski definition) is 8. The molecule has 3 heterocycles. The molecule has 4 aromatic rings. The van der Waals surface area contributed by atoms with Gasteiger partial charge in [-0.15, -0.1) is 10.2 Å². The maximum atomic E-state index is 13.4. The van der Waals surface area contributed by atoms with Gasteiger partial charge in [-0.3, -0.25) is 19.1 Å². The number of carbonyl (C=O) groups is 1. The fraction of sp³-hybridized carbons (Fsp3) is 0.158. The van der Waals surface area contributed by atoms with Crippen molar-refractivity contribution >= 4 is 23.5 Å². The second-order valence-electron chi connectivity index (χ2n) is 6.66. The average Bonchev–Trinajstić information content (AvgIpc) is 3.32. The third-order valence-electron chi connectivity index (χ3n) is 4.18. The van der Waals surface area contributed by atoms with Gasteiger partial charge in [0.05, 0.1) is 5.75 Å². The largest absolute Gasteiger partial charge is 0.360 e. The molecule has 0 saturated heterocycles. The number of hydrogen-bond donors (Lipinski definition) is 3. The van der Waals surface area contributed by atoms with Gasteiger partial charge in [-0.2, -0.15) is 0 Å². The van der Waals surface area contributed by atoms with Crippen molar-refractivity contribution in [2.75, 3.05) is 11.1 Å². The van der Waals surface area contributed by atoms with E-state index in [2.05, 4.69) is 30.6 Å². The third kappa shape index (κ3) is 5.00. The summed E-state index contributed by atoms with van der Waals surface area (Å²) in [6, 6.07) is 8.45. The number of nitrogens with one attached hydrogen (secondary N) is 3. The molecule has 3 N–H and O–H groups in total. The molecule has 4 rings (SSSR count). The molecule has 3 aromatic heterocycles. The molecule has 13 heteroatoms. The highest BCUT2D eigenvalue weighted by Crippen LogP contribution is 2.23. The molecule has 164 valence electrons. The molecule has 0 unspecified atom stereocenters. The van der Waals surface area contributed by atoms with Crippen molar-refractivity contribution in [2.24, 2.45) is 0 Å². The van der Waals surface area contributed by atoms with Gasteiger partial charge in [-0.05, 0) is 31.2 Å². The summed E-state index contributed by atoms with van der Waals surface area (Å²) in [5.41, 5.74) is -0.320. The van der Waals surface area contributed by atoms with Crippen molar-refractivity contribution in [2.45, 2.75) is 18.5 Å². The number of nitrogens with zero attached hydrogens (tertiary/aromatic N) is 4. The summed E-state index contributed by atoms with van der Waals surface area (Å²) in [7, 11) is 0. The van der Waals surface area contributed by atoms with Gasteiger partial charge >= 0.3 is 5.69 Å². The van der Waals surface area contributed by atoms with Crippen LogP contribution in [-0.4, -0.2) is 41.5 Å². The van der Waals surface area contributed by atoms with Gasteiger partial charge in [0.15, 0.2) is 11.0 Å². The number of rotatable bonds is 7. The molecule has 0 saturated carbocycles. The van der Waals surface area contributed by atoms with Crippen LogP contribution in [0.25, 0.3) is 5.69 Å². The van der Waals surface area contributed by atoms with Gasteiger partial charge < -0.3 is 14.8 Å². The number of aryl methyl sites for hydroxylation is 1. The van der Waals surface area contributed by atoms with Crippen LogP contribution in [0.2, 0.25) is 0 Å². The van der Waals surface area contributed by atoms with E-state index in [1.165, 1.54) is 30.3 Å². The molecule has 0 aliphatic heterocycles. The summed E-state index contributed by atoms with van der Waals surface area (Å²) in [4.78, 5) is 40.1. The van der Waals surface area contributed by atoms with Crippen LogP contribution in [0.15, 0.2) is 55.7 Å².